The van der Waals surface area contributed by atoms with Crippen LogP contribution in [0, 0.1) is 0 Å². The molecule has 0 bridgehead atoms. The first-order chi connectivity index (χ1) is 6.15. The first kappa shape index (κ1) is 9.63. The van der Waals surface area contributed by atoms with E-state index in [1.54, 1.807) is 16.7 Å². The second-order valence-electron chi connectivity index (χ2n) is 2.95. The molecule has 3 N–H and O–H groups in total. The van der Waals surface area contributed by atoms with Crippen LogP contribution in [0.5, 0.6) is 0 Å². The molecule has 6 heteroatoms. The average Bonchev–Trinajstić information content (AvgIpc) is 2.17. The standard InChI is InChI=1S/C7H14N4O2/c1-6(12)10-2-4-11(5-3-10)7(8)9-13/h13H,2-5H2,1H3,(H2,8,9). The Labute approximate surface area is 76.6 Å². The molecule has 6 nitrogen and oxygen atoms in total. The molecule has 1 rings (SSSR count). The van der Waals surface area contributed by atoms with Gasteiger partial charge in [-0.3, -0.25) is 4.79 Å². The molecule has 74 valence electrons. The van der Waals surface area contributed by atoms with Crippen LogP contribution in [0.4, 0.5) is 0 Å². The fourth-order valence-corrected chi connectivity index (χ4v) is 1.31. The zero-order valence-electron chi connectivity index (χ0n) is 7.60. The number of oxime groups is 1. The second kappa shape index (κ2) is 3.97. The molecule has 1 fully saturated rings. The molecule has 1 aliphatic heterocycles. The summed E-state index contributed by atoms with van der Waals surface area (Å²) in [4.78, 5) is 14.4. The molecular weight excluding hydrogens is 172 g/mol. The van der Waals surface area contributed by atoms with Crippen molar-refractivity contribution in [1.82, 2.24) is 9.80 Å². The van der Waals surface area contributed by atoms with E-state index in [4.69, 9.17) is 10.9 Å². The lowest BCUT2D eigenvalue weighted by molar-refractivity contribution is -0.130. The summed E-state index contributed by atoms with van der Waals surface area (Å²) in [6.45, 7) is 4.04. The number of nitrogens with zero attached hydrogens (tertiary/aromatic N) is 3. The highest BCUT2D eigenvalue weighted by Gasteiger charge is 2.19. The Balaban J connectivity index is 2.43. The molecule has 0 saturated carbocycles. The van der Waals surface area contributed by atoms with Gasteiger partial charge in [-0.1, -0.05) is 5.16 Å². The number of hydrogen-bond donors (Lipinski definition) is 2. The van der Waals surface area contributed by atoms with E-state index in [0.29, 0.717) is 26.2 Å². The van der Waals surface area contributed by atoms with Crippen molar-refractivity contribution in [3.8, 4) is 0 Å². The van der Waals surface area contributed by atoms with Crippen LogP contribution in [0.25, 0.3) is 0 Å². The van der Waals surface area contributed by atoms with Gasteiger partial charge in [0, 0.05) is 33.1 Å². The van der Waals surface area contributed by atoms with Crippen LogP contribution in [0.1, 0.15) is 6.92 Å². The van der Waals surface area contributed by atoms with Gasteiger partial charge in [-0.25, -0.2) is 0 Å². The summed E-state index contributed by atoms with van der Waals surface area (Å²) in [5.74, 6) is 0.183. The van der Waals surface area contributed by atoms with Gasteiger partial charge in [-0.15, -0.1) is 0 Å². The van der Waals surface area contributed by atoms with E-state index >= 15 is 0 Å². The monoisotopic (exact) mass is 186 g/mol. The Kier molecular flexibility index (Phi) is 2.94. The van der Waals surface area contributed by atoms with Gasteiger partial charge >= 0.3 is 0 Å². The maximum atomic E-state index is 10.9. The van der Waals surface area contributed by atoms with Crippen molar-refractivity contribution >= 4 is 11.9 Å². The Bertz CT molecular complexity index is 221. The molecule has 1 heterocycles. The third kappa shape index (κ3) is 2.24. The zero-order valence-corrected chi connectivity index (χ0v) is 7.60. The molecule has 0 spiro atoms. The summed E-state index contributed by atoms with van der Waals surface area (Å²) in [7, 11) is 0. The lowest BCUT2D eigenvalue weighted by Crippen LogP contribution is -2.52. The lowest BCUT2D eigenvalue weighted by atomic mass is 10.3. The Hall–Kier alpha value is -1.46. The molecule has 13 heavy (non-hydrogen) atoms. The van der Waals surface area contributed by atoms with Crippen LogP contribution in [0.15, 0.2) is 5.16 Å². The van der Waals surface area contributed by atoms with Crippen LogP contribution in [0.2, 0.25) is 0 Å². The summed E-state index contributed by atoms with van der Waals surface area (Å²) in [5.41, 5.74) is 5.39. The first-order valence-corrected chi connectivity index (χ1v) is 4.13. The van der Waals surface area contributed by atoms with Gasteiger partial charge in [-0.2, -0.15) is 0 Å². The number of carbonyl (C=O) groups is 1. The predicted octanol–water partition coefficient (Wildman–Crippen LogP) is -1.15. The summed E-state index contributed by atoms with van der Waals surface area (Å²) >= 11 is 0. The van der Waals surface area contributed by atoms with Crippen LogP contribution >= 0.6 is 0 Å². The molecule has 0 aromatic carbocycles. The normalized spacial score (nSPS) is 19.0. The van der Waals surface area contributed by atoms with Crippen molar-refractivity contribution in [2.45, 2.75) is 6.92 Å². The van der Waals surface area contributed by atoms with Gasteiger partial charge in [0.1, 0.15) is 0 Å². The van der Waals surface area contributed by atoms with Crippen molar-refractivity contribution in [3.05, 3.63) is 0 Å². The number of amides is 1. The van der Waals surface area contributed by atoms with E-state index in [-0.39, 0.29) is 11.9 Å². The van der Waals surface area contributed by atoms with Gasteiger partial charge in [0.15, 0.2) is 0 Å². The van der Waals surface area contributed by atoms with Gasteiger partial charge < -0.3 is 20.7 Å². The summed E-state index contributed by atoms with van der Waals surface area (Å²) in [6, 6.07) is 0. The molecule has 0 aliphatic carbocycles. The third-order valence-electron chi connectivity index (χ3n) is 2.15. The summed E-state index contributed by atoms with van der Waals surface area (Å²) in [6.07, 6.45) is 0. The van der Waals surface area contributed by atoms with Crippen molar-refractivity contribution in [3.63, 3.8) is 0 Å². The van der Waals surface area contributed by atoms with E-state index in [2.05, 4.69) is 5.16 Å². The molecule has 0 unspecified atom stereocenters. The minimum Gasteiger partial charge on any atom is -0.408 e. The largest absolute Gasteiger partial charge is 0.408 e. The molecule has 1 saturated heterocycles. The maximum absolute atomic E-state index is 10.9. The first-order valence-electron chi connectivity index (χ1n) is 4.13. The molecule has 0 aromatic rings. The zero-order chi connectivity index (χ0) is 9.84. The number of rotatable bonds is 0. The SMILES string of the molecule is CC(=O)N1CCN(C(N)=NO)CC1. The van der Waals surface area contributed by atoms with Crippen LogP contribution in [-0.2, 0) is 4.79 Å². The van der Waals surface area contributed by atoms with E-state index in [1.165, 1.54) is 0 Å². The predicted molar refractivity (Wildman–Crippen MR) is 47.2 cm³/mol. The van der Waals surface area contributed by atoms with Gasteiger partial charge in [0.25, 0.3) is 0 Å². The Morgan fingerprint density at radius 2 is 1.77 bits per heavy atom. The number of guanidine groups is 1. The van der Waals surface area contributed by atoms with Gasteiger partial charge in [0.2, 0.25) is 11.9 Å². The van der Waals surface area contributed by atoms with E-state index in [9.17, 15) is 4.79 Å². The number of carbonyl (C=O) groups excluding carboxylic acids is 1. The molecule has 1 aliphatic rings. The summed E-state index contributed by atoms with van der Waals surface area (Å²) < 4.78 is 0. The highest BCUT2D eigenvalue weighted by Crippen LogP contribution is 2.00. The van der Waals surface area contributed by atoms with Crippen LogP contribution in [0.3, 0.4) is 0 Å². The minimum absolute atomic E-state index is 0.0687. The van der Waals surface area contributed by atoms with E-state index in [0.717, 1.165) is 0 Å². The fourth-order valence-electron chi connectivity index (χ4n) is 1.31. The van der Waals surface area contributed by atoms with E-state index in [1.807, 2.05) is 0 Å². The molecule has 0 aromatic heterocycles. The van der Waals surface area contributed by atoms with Crippen LogP contribution in [-0.4, -0.2) is 53.1 Å². The molecule has 0 radical (unpaired) electrons. The quantitative estimate of drug-likeness (QED) is 0.217. The maximum Gasteiger partial charge on any atom is 0.233 e. The second-order valence-corrected chi connectivity index (χ2v) is 2.95. The topological polar surface area (TPSA) is 82.2 Å². The van der Waals surface area contributed by atoms with Gasteiger partial charge in [-0.05, 0) is 0 Å². The Morgan fingerprint density at radius 3 is 2.15 bits per heavy atom. The smallest absolute Gasteiger partial charge is 0.233 e. The minimum atomic E-state index is 0.0687. The third-order valence-corrected chi connectivity index (χ3v) is 2.15. The molecule has 1 amide bonds. The Morgan fingerprint density at radius 1 is 1.31 bits per heavy atom. The van der Waals surface area contributed by atoms with Crippen molar-refractivity contribution in [2.75, 3.05) is 26.2 Å². The van der Waals surface area contributed by atoms with Crippen LogP contribution < -0.4 is 5.73 Å². The average molecular weight is 186 g/mol. The number of piperazine rings is 1. The van der Waals surface area contributed by atoms with Crippen molar-refractivity contribution in [2.24, 2.45) is 10.9 Å². The lowest BCUT2D eigenvalue weighted by Gasteiger charge is -2.34. The molecule has 0 atom stereocenters. The number of nitrogens with two attached hydrogens (primary N) is 1. The molecular formula is C7H14N4O2. The van der Waals surface area contributed by atoms with Crippen molar-refractivity contribution < 1.29 is 10.0 Å². The van der Waals surface area contributed by atoms with Gasteiger partial charge in [0.05, 0.1) is 0 Å². The number of hydrogen-bond acceptors (Lipinski definition) is 3. The summed E-state index contributed by atoms with van der Waals surface area (Å²) in [5, 5.41) is 11.3. The van der Waals surface area contributed by atoms with E-state index < -0.39 is 0 Å². The van der Waals surface area contributed by atoms with Crippen molar-refractivity contribution in [1.29, 1.82) is 0 Å². The highest BCUT2D eigenvalue weighted by atomic mass is 16.4. The fraction of sp³-hybridized carbons (Fsp3) is 0.714. The highest BCUT2D eigenvalue weighted by molar-refractivity contribution is 5.78.